The highest BCUT2D eigenvalue weighted by molar-refractivity contribution is 5.93. The van der Waals surface area contributed by atoms with Gasteiger partial charge in [0.25, 0.3) is 0 Å². The highest BCUT2D eigenvalue weighted by Gasteiger charge is 2.29. The van der Waals surface area contributed by atoms with Crippen LogP contribution >= 0.6 is 0 Å². The van der Waals surface area contributed by atoms with Crippen LogP contribution in [0.4, 0.5) is 30.2 Å². The molecule has 0 unspecified atom stereocenters. The second-order valence-electron chi connectivity index (χ2n) is 6.81. The Morgan fingerprint density at radius 1 is 0.929 bits per heavy atom. The summed E-state index contributed by atoms with van der Waals surface area (Å²) in [4.78, 5) is 16.6. The number of carbonyl (C=O) groups excluding carboxylic acids is 1. The zero-order valence-corrected chi connectivity index (χ0v) is 15.6. The molecule has 0 bridgehead atoms. The van der Waals surface area contributed by atoms with Crippen molar-refractivity contribution in [3.63, 3.8) is 0 Å². The fourth-order valence-corrected chi connectivity index (χ4v) is 2.98. The van der Waals surface area contributed by atoms with Crippen molar-refractivity contribution in [1.82, 2.24) is 4.90 Å². The molecule has 1 fully saturated rings. The Bertz CT molecular complexity index is 783. The molecule has 1 amide bonds. The highest BCUT2D eigenvalue weighted by atomic mass is 19.4. The van der Waals surface area contributed by atoms with E-state index in [1.54, 1.807) is 0 Å². The zero-order valence-electron chi connectivity index (χ0n) is 15.6. The highest BCUT2D eigenvalue weighted by Crippen LogP contribution is 2.29. The molecule has 5 nitrogen and oxygen atoms in total. The van der Waals surface area contributed by atoms with Crippen molar-refractivity contribution in [2.75, 3.05) is 55.3 Å². The number of nitrogens with one attached hydrogen (secondary N) is 2. The molecule has 8 heteroatoms. The Hall–Kier alpha value is -2.74. The van der Waals surface area contributed by atoms with Crippen molar-refractivity contribution in [1.29, 1.82) is 0 Å². The Kier molecular flexibility index (Phi) is 6.08. The normalized spacial score (nSPS) is 15.4. The molecule has 2 N–H and O–H groups in total. The predicted molar refractivity (Wildman–Crippen MR) is 105 cm³/mol. The maximum absolute atomic E-state index is 12.6. The van der Waals surface area contributed by atoms with E-state index in [0.717, 1.165) is 49.7 Å². The van der Waals surface area contributed by atoms with Gasteiger partial charge in [-0.1, -0.05) is 0 Å². The largest absolute Gasteiger partial charge is 0.416 e. The molecule has 150 valence electrons. The van der Waals surface area contributed by atoms with Gasteiger partial charge in [-0.15, -0.1) is 0 Å². The maximum Gasteiger partial charge on any atom is 0.416 e. The number of carbonyl (C=O) groups is 1. The van der Waals surface area contributed by atoms with E-state index in [1.807, 2.05) is 24.3 Å². The Balaban J connectivity index is 1.48. The van der Waals surface area contributed by atoms with Crippen LogP contribution in [0, 0.1) is 0 Å². The third kappa shape index (κ3) is 5.39. The van der Waals surface area contributed by atoms with E-state index in [2.05, 4.69) is 27.5 Å². The van der Waals surface area contributed by atoms with Gasteiger partial charge in [0, 0.05) is 43.2 Å². The van der Waals surface area contributed by atoms with Crippen molar-refractivity contribution < 1.29 is 18.0 Å². The molecule has 28 heavy (non-hydrogen) atoms. The summed E-state index contributed by atoms with van der Waals surface area (Å²) in [6.45, 7) is 4.06. The lowest BCUT2D eigenvalue weighted by atomic mass is 10.2. The Labute approximate surface area is 162 Å². The van der Waals surface area contributed by atoms with Crippen molar-refractivity contribution in [3.8, 4) is 0 Å². The molecule has 0 aromatic heterocycles. The van der Waals surface area contributed by atoms with Crippen LogP contribution in [0.3, 0.4) is 0 Å². The summed E-state index contributed by atoms with van der Waals surface area (Å²) in [7, 11) is 2.11. The Morgan fingerprint density at radius 2 is 1.50 bits per heavy atom. The van der Waals surface area contributed by atoms with Gasteiger partial charge in [0.1, 0.15) is 0 Å². The van der Waals surface area contributed by atoms with Crippen LogP contribution in [0.25, 0.3) is 0 Å². The summed E-state index contributed by atoms with van der Waals surface area (Å²) >= 11 is 0. The monoisotopic (exact) mass is 392 g/mol. The summed E-state index contributed by atoms with van der Waals surface area (Å²) in [6.07, 6.45) is -4.39. The molecular formula is C20H23F3N4O. The molecule has 2 aromatic rings. The minimum absolute atomic E-state index is 0.0227. The minimum Gasteiger partial charge on any atom is -0.376 e. The van der Waals surface area contributed by atoms with E-state index in [-0.39, 0.29) is 12.5 Å². The van der Waals surface area contributed by atoms with Crippen LogP contribution < -0.4 is 15.5 Å². The molecule has 1 aliphatic rings. The van der Waals surface area contributed by atoms with Crippen LogP contribution in [0.2, 0.25) is 0 Å². The van der Waals surface area contributed by atoms with Crippen LogP contribution in [0.1, 0.15) is 5.56 Å². The van der Waals surface area contributed by atoms with Crippen molar-refractivity contribution in [3.05, 3.63) is 54.1 Å². The van der Waals surface area contributed by atoms with Gasteiger partial charge in [-0.05, 0) is 55.6 Å². The number of anilines is 3. The van der Waals surface area contributed by atoms with E-state index < -0.39 is 11.7 Å². The van der Waals surface area contributed by atoms with Crippen molar-refractivity contribution in [2.24, 2.45) is 0 Å². The van der Waals surface area contributed by atoms with E-state index in [0.29, 0.717) is 5.69 Å². The average molecular weight is 392 g/mol. The van der Waals surface area contributed by atoms with Crippen molar-refractivity contribution in [2.45, 2.75) is 6.18 Å². The number of hydrogen-bond acceptors (Lipinski definition) is 4. The molecule has 2 aromatic carbocycles. The van der Waals surface area contributed by atoms with Crippen LogP contribution in [0.15, 0.2) is 48.5 Å². The third-order valence-corrected chi connectivity index (χ3v) is 4.68. The fraction of sp³-hybridized carbons (Fsp3) is 0.350. The van der Waals surface area contributed by atoms with E-state index in [4.69, 9.17) is 0 Å². The molecule has 0 atom stereocenters. The number of nitrogens with zero attached hydrogens (tertiary/aromatic N) is 2. The number of likely N-dealkylation sites (N-methyl/N-ethyl adjacent to an activating group) is 1. The summed E-state index contributed by atoms with van der Waals surface area (Å²) < 4.78 is 37.7. The first-order valence-corrected chi connectivity index (χ1v) is 9.06. The second kappa shape index (κ2) is 8.52. The minimum atomic E-state index is -4.39. The number of benzene rings is 2. The topological polar surface area (TPSA) is 47.6 Å². The molecule has 0 aliphatic carbocycles. The Morgan fingerprint density at radius 3 is 2.07 bits per heavy atom. The molecule has 1 saturated heterocycles. The first kappa shape index (κ1) is 20.0. The van der Waals surface area contributed by atoms with E-state index >= 15 is 0 Å². The quantitative estimate of drug-likeness (QED) is 0.818. The van der Waals surface area contributed by atoms with Crippen molar-refractivity contribution >= 4 is 23.0 Å². The van der Waals surface area contributed by atoms with Crippen LogP contribution in [-0.2, 0) is 11.0 Å². The second-order valence-corrected chi connectivity index (χ2v) is 6.81. The standard InChI is InChI=1S/C20H23F3N4O/c1-26-10-12-27(13-11-26)18-8-6-16(7-9-18)24-14-19(28)25-17-4-2-15(3-5-17)20(21,22)23/h2-9,24H,10-14H2,1H3,(H,25,28). The first-order chi connectivity index (χ1) is 13.3. The van der Waals surface area contributed by atoms with Gasteiger partial charge in [0.2, 0.25) is 5.91 Å². The van der Waals surface area contributed by atoms with E-state index in [1.165, 1.54) is 12.1 Å². The molecule has 1 aliphatic heterocycles. The predicted octanol–water partition coefficient (Wildman–Crippen LogP) is 3.51. The molecule has 0 saturated carbocycles. The van der Waals surface area contributed by atoms with Gasteiger partial charge >= 0.3 is 6.18 Å². The van der Waals surface area contributed by atoms with Gasteiger partial charge in [0.05, 0.1) is 12.1 Å². The number of alkyl halides is 3. The smallest absolute Gasteiger partial charge is 0.376 e. The van der Waals surface area contributed by atoms with E-state index in [9.17, 15) is 18.0 Å². The number of rotatable bonds is 5. The van der Waals surface area contributed by atoms with Crippen LogP contribution in [0.5, 0.6) is 0 Å². The maximum atomic E-state index is 12.6. The molecule has 3 rings (SSSR count). The lowest BCUT2D eigenvalue weighted by Gasteiger charge is -2.34. The molecule has 0 spiro atoms. The summed E-state index contributed by atoms with van der Waals surface area (Å²) in [5.41, 5.74) is 1.53. The summed E-state index contributed by atoms with van der Waals surface area (Å²) in [5, 5.41) is 5.60. The third-order valence-electron chi connectivity index (χ3n) is 4.68. The van der Waals surface area contributed by atoms with Crippen LogP contribution in [-0.4, -0.2) is 50.6 Å². The van der Waals surface area contributed by atoms with Gasteiger partial charge < -0.3 is 20.4 Å². The zero-order chi connectivity index (χ0) is 20.1. The number of halogens is 3. The lowest BCUT2D eigenvalue weighted by Crippen LogP contribution is -2.44. The number of amides is 1. The number of hydrogen-bond donors (Lipinski definition) is 2. The SMILES string of the molecule is CN1CCN(c2ccc(NCC(=O)Nc3ccc(C(F)(F)F)cc3)cc2)CC1. The lowest BCUT2D eigenvalue weighted by molar-refractivity contribution is -0.137. The molecule has 0 radical (unpaired) electrons. The first-order valence-electron chi connectivity index (χ1n) is 9.06. The average Bonchev–Trinajstić information content (AvgIpc) is 2.67. The fourth-order valence-electron chi connectivity index (χ4n) is 2.98. The summed E-state index contributed by atoms with van der Waals surface area (Å²) in [5.74, 6) is -0.331. The van der Waals surface area contributed by atoms with Gasteiger partial charge in [-0.25, -0.2) is 0 Å². The molecular weight excluding hydrogens is 369 g/mol. The number of piperazine rings is 1. The summed E-state index contributed by atoms with van der Waals surface area (Å²) in [6, 6.07) is 12.2. The molecule has 1 heterocycles. The van der Waals surface area contributed by atoms with Gasteiger partial charge in [-0.3, -0.25) is 4.79 Å². The van der Waals surface area contributed by atoms with Gasteiger partial charge in [0.15, 0.2) is 0 Å². The van der Waals surface area contributed by atoms with Gasteiger partial charge in [-0.2, -0.15) is 13.2 Å².